The van der Waals surface area contributed by atoms with E-state index < -0.39 is 0 Å². The van der Waals surface area contributed by atoms with Gasteiger partial charge in [0.2, 0.25) is 11.9 Å². The summed E-state index contributed by atoms with van der Waals surface area (Å²) in [5.41, 5.74) is 0. The van der Waals surface area contributed by atoms with Gasteiger partial charge < -0.3 is 19.7 Å². The Balaban J connectivity index is 1.50. The van der Waals surface area contributed by atoms with Gasteiger partial charge in [0.15, 0.2) is 5.16 Å². The maximum Gasteiger partial charge on any atom is 0.230 e. The van der Waals surface area contributed by atoms with Crippen LogP contribution in [0.4, 0.5) is 5.95 Å². The molecular weight excluding hydrogens is 330 g/mol. The number of anilines is 1. The van der Waals surface area contributed by atoms with Crippen molar-refractivity contribution in [3.05, 3.63) is 0 Å². The molecule has 24 heavy (non-hydrogen) atoms. The molecule has 0 spiro atoms. The Bertz CT molecular complexity index is 541. The lowest BCUT2D eigenvalue weighted by molar-refractivity contribution is -0.119. The Morgan fingerprint density at radius 3 is 2.88 bits per heavy atom. The number of amides is 1. The first kappa shape index (κ1) is 17.5. The quantitative estimate of drug-likeness (QED) is 0.714. The van der Waals surface area contributed by atoms with E-state index in [4.69, 9.17) is 9.47 Å². The van der Waals surface area contributed by atoms with E-state index in [2.05, 4.69) is 31.9 Å². The fourth-order valence-electron chi connectivity index (χ4n) is 2.88. The number of aromatic nitrogens is 3. The number of carbonyl (C=O) groups excluding carboxylic acids is 1. The van der Waals surface area contributed by atoms with E-state index in [0.29, 0.717) is 25.5 Å². The third kappa shape index (κ3) is 4.40. The predicted molar refractivity (Wildman–Crippen MR) is 91.4 cm³/mol. The molecule has 0 bridgehead atoms. The van der Waals surface area contributed by atoms with Gasteiger partial charge in [-0.05, 0) is 19.8 Å². The number of nitrogens with zero attached hydrogens (tertiary/aromatic N) is 4. The minimum atomic E-state index is 0.00840. The number of hydrogen-bond acceptors (Lipinski definition) is 7. The van der Waals surface area contributed by atoms with Gasteiger partial charge >= 0.3 is 0 Å². The lowest BCUT2D eigenvalue weighted by Gasteiger charge is -2.27. The maximum atomic E-state index is 12.0. The van der Waals surface area contributed by atoms with Crippen molar-refractivity contribution in [2.24, 2.45) is 0 Å². The molecule has 0 aliphatic carbocycles. The zero-order valence-corrected chi connectivity index (χ0v) is 14.9. The normalized spacial score (nSPS) is 21.2. The van der Waals surface area contributed by atoms with Crippen LogP contribution in [-0.2, 0) is 20.8 Å². The molecule has 3 heterocycles. The smallest absolute Gasteiger partial charge is 0.230 e. The lowest BCUT2D eigenvalue weighted by Crippen LogP contribution is -2.38. The molecular formula is C15H25N5O3S. The molecule has 1 amide bonds. The summed E-state index contributed by atoms with van der Waals surface area (Å²) >= 11 is 1.43. The first-order valence-corrected chi connectivity index (χ1v) is 9.53. The molecule has 134 valence electrons. The van der Waals surface area contributed by atoms with Crippen LogP contribution in [0.25, 0.3) is 0 Å². The first-order chi connectivity index (χ1) is 11.8. The van der Waals surface area contributed by atoms with Gasteiger partial charge in [-0.1, -0.05) is 11.8 Å². The minimum Gasteiger partial charge on any atom is -0.378 e. The highest BCUT2D eigenvalue weighted by Gasteiger charge is 2.21. The van der Waals surface area contributed by atoms with E-state index >= 15 is 0 Å². The molecule has 9 heteroatoms. The first-order valence-electron chi connectivity index (χ1n) is 8.55. The van der Waals surface area contributed by atoms with E-state index in [1.165, 1.54) is 11.8 Å². The third-order valence-electron chi connectivity index (χ3n) is 4.19. The van der Waals surface area contributed by atoms with Crippen molar-refractivity contribution in [1.82, 2.24) is 20.1 Å². The van der Waals surface area contributed by atoms with Crippen LogP contribution in [0.5, 0.6) is 0 Å². The maximum absolute atomic E-state index is 12.0. The van der Waals surface area contributed by atoms with E-state index in [-0.39, 0.29) is 12.0 Å². The van der Waals surface area contributed by atoms with Crippen LogP contribution in [0.3, 0.4) is 0 Å². The molecule has 1 N–H and O–H groups in total. The van der Waals surface area contributed by atoms with Crippen LogP contribution in [0.1, 0.15) is 19.8 Å². The number of thioether (sulfide) groups is 1. The topological polar surface area (TPSA) is 81.5 Å². The molecule has 1 aromatic rings. The Morgan fingerprint density at radius 1 is 1.33 bits per heavy atom. The Kier molecular flexibility index (Phi) is 6.33. The minimum absolute atomic E-state index is 0.00840. The highest BCUT2D eigenvalue weighted by atomic mass is 32.2. The van der Waals surface area contributed by atoms with Gasteiger partial charge in [0.25, 0.3) is 0 Å². The third-order valence-corrected chi connectivity index (χ3v) is 5.16. The molecule has 0 radical (unpaired) electrons. The Hall–Kier alpha value is -1.32. The molecule has 0 saturated carbocycles. The van der Waals surface area contributed by atoms with E-state index in [0.717, 1.165) is 50.2 Å². The summed E-state index contributed by atoms with van der Waals surface area (Å²) in [6, 6.07) is 0. The zero-order chi connectivity index (χ0) is 16.8. The molecule has 0 aromatic carbocycles. The number of rotatable bonds is 7. The summed E-state index contributed by atoms with van der Waals surface area (Å²) in [5, 5.41) is 12.3. The predicted octanol–water partition coefficient (Wildman–Crippen LogP) is 0.522. The van der Waals surface area contributed by atoms with Gasteiger partial charge in [0.1, 0.15) is 0 Å². The highest BCUT2D eigenvalue weighted by molar-refractivity contribution is 7.99. The molecule has 1 atom stereocenters. The summed E-state index contributed by atoms with van der Waals surface area (Å²) in [7, 11) is 0. The van der Waals surface area contributed by atoms with Crippen LogP contribution >= 0.6 is 11.8 Å². The van der Waals surface area contributed by atoms with Crippen LogP contribution in [0, 0.1) is 0 Å². The molecule has 1 aromatic heterocycles. The monoisotopic (exact) mass is 355 g/mol. The van der Waals surface area contributed by atoms with Gasteiger partial charge in [-0.2, -0.15) is 0 Å². The number of morpholine rings is 1. The summed E-state index contributed by atoms with van der Waals surface area (Å²) in [6.45, 7) is 7.32. The number of hydrogen-bond donors (Lipinski definition) is 1. The zero-order valence-electron chi connectivity index (χ0n) is 14.1. The van der Waals surface area contributed by atoms with Crippen molar-refractivity contribution in [3.63, 3.8) is 0 Å². The van der Waals surface area contributed by atoms with Crippen molar-refractivity contribution in [1.29, 1.82) is 0 Å². The van der Waals surface area contributed by atoms with Crippen LogP contribution in [0.15, 0.2) is 5.16 Å². The Labute approximate surface area is 146 Å². The second-order valence-electron chi connectivity index (χ2n) is 5.85. The molecule has 0 unspecified atom stereocenters. The van der Waals surface area contributed by atoms with Gasteiger partial charge in [0.05, 0.1) is 25.1 Å². The molecule has 2 fully saturated rings. The summed E-state index contributed by atoms with van der Waals surface area (Å²) in [4.78, 5) is 14.2. The second kappa shape index (κ2) is 8.68. The van der Waals surface area contributed by atoms with Crippen molar-refractivity contribution in [2.75, 3.05) is 50.1 Å². The van der Waals surface area contributed by atoms with Crippen LogP contribution in [-0.4, -0.2) is 72.0 Å². The van der Waals surface area contributed by atoms with Crippen molar-refractivity contribution < 1.29 is 14.3 Å². The molecule has 2 aliphatic heterocycles. The second-order valence-corrected chi connectivity index (χ2v) is 6.80. The Morgan fingerprint density at radius 2 is 2.17 bits per heavy atom. The SMILES string of the molecule is CCn1c(SCC(=O)NC[C@H]2CCCO2)nnc1N1CCOCC1. The number of nitrogens with one attached hydrogen (secondary N) is 1. The van der Waals surface area contributed by atoms with E-state index in [1.807, 2.05) is 0 Å². The number of ether oxygens (including phenoxy) is 2. The van der Waals surface area contributed by atoms with Gasteiger partial charge in [0, 0.05) is 32.8 Å². The van der Waals surface area contributed by atoms with Crippen molar-refractivity contribution >= 4 is 23.6 Å². The standard InChI is InChI=1S/C15H25N5O3S/c1-2-20-14(19-5-8-22-9-6-19)17-18-15(20)24-11-13(21)16-10-12-4-3-7-23-12/h12H,2-11H2,1H3,(H,16,21)/t12-/m1/s1. The summed E-state index contributed by atoms with van der Waals surface area (Å²) in [6.07, 6.45) is 2.28. The van der Waals surface area contributed by atoms with Crippen molar-refractivity contribution in [3.8, 4) is 0 Å². The summed E-state index contributed by atoms with van der Waals surface area (Å²) < 4.78 is 13.0. The van der Waals surface area contributed by atoms with Gasteiger partial charge in [-0.3, -0.25) is 9.36 Å². The van der Waals surface area contributed by atoms with E-state index in [1.54, 1.807) is 0 Å². The average Bonchev–Trinajstić information content (AvgIpc) is 3.28. The fourth-order valence-corrected chi connectivity index (χ4v) is 3.70. The van der Waals surface area contributed by atoms with Gasteiger partial charge in [-0.25, -0.2) is 0 Å². The van der Waals surface area contributed by atoms with Gasteiger partial charge in [-0.15, -0.1) is 10.2 Å². The fraction of sp³-hybridized carbons (Fsp3) is 0.800. The largest absolute Gasteiger partial charge is 0.378 e. The van der Waals surface area contributed by atoms with Crippen LogP contribution < -0.4 is 10.2 Å². The molecule has 2 aliphatic rings. The molecule has 3 rings (SSSR count). The van der Waals surface area contributed by atoms with Crippen LogP contribution in [0.2, 0.25) is 0 Å². The van der Waals surface area contributed by atoms with Crippen molar-refractivity contribution in [2.45, 2.75) is 37.6 Å². The molecule has 8 nitrogen and oxygen atoms in total. The summed E-state index contributed by atoms with van der Waals surface area (Å²) in [5.74, 6) is 1.21. The molecule has 2 saturated heterocycles. The highest BCUT2D eigenvalue weighted by Crippen LogP contribution is 2.22. The lowest BCUT2D eigenvalue weighted by atomic mass is 10.2. The average molecular weight is 355 g/mol. The van der Waals surface area contributed by atoms with E-state index in [9.17, 15) is 4.79 Å². The number of carbonyl (C=O) groups is 1.